The summed E-state index contributed by atoms with van der Waals surface area (Å²) in [6, 6.07) is 18.3. The monoisotopic (exact) mass is 510 g/mol. The van der Waals surface area contributed by atoms with Crippen LogP contribution in [0.3, 0.4) is 0 Å². The Bertz CT molecular complexity index is 1370. The van der Waals surface area contributed by atoms with Crippen LogP contribution in [0.2, 0.25) is 0 Å². The Morgan fingerprint density at radius 3 is 2.67 bits per heavy atom. The van der Waals surface area contributed by atoms with E-state index in [-0.39, 0.29) is 6.97 Å². The molecule has 2 unspecified atom stereocenters. The third-order valence-corrected chi connectivity index (χ3v) is 21.6. The number of nitrogens with zero attached hydrogens (tertiary/aromatic N) is 5. The van der Waals surface area contributed by atoms with Gasteiger partial charge in [0.15, 0.2) is 0 Å². The van der Waals surface area contributed by atoms with Crippen molar-refractivity contribution < 1.29 is 26.2 Å². The Kier molecular flexibility index (Phi) is 3.00. The summed E-state index contributed by atoms with van der Waals surface area (Å²) in [5.41, 5.74) is 4.27. The Hall–Kier alpha value is -2.48. The number of alkyl halides is 2. The third kappa shape index (κ3) is 1.38. The molecule has 30 heavy (non-hydrogen) atoms. The summed E-state index contributed by atoms with van der Waals surface area (Å²) in [6.45, 7) is 4.82. The van der Waals surface area contributed by atoms with Gasteiger partial charge in [-0.2, -0.15) is 0 Å². The van der Waals surface area contributed by atoms with Crippen molar-refractivity contribution in [1.29, 1.82) is 0 Å². The number of rotatable bonds is 2. The van der Waals surface area contributed by atoms with Gasteiger partial charge in [0.25, 0.3) is 0 Å². The first-order valence-electron chi connectivity index (χ1n) is 10.7. The summed E-state index contributed by atoms with van der Waals surface area (Å²) in [7, 11) is 2.19. The van der Waals surface area contributed by atoms with Crippen molar-refractivity contribution >= 4 is 0 Å². The van der Waals surface area contributed by atoms with E-state index in [9.17, 15) is 0 Å². The molecule has 0 amide bonds. The quantitative estimate of drug-likeness (QED) is 0.212. The SMILES string of the molecule is CCC12c3ccccc3-c3n(cc[n+]3C)[C@@]1(CC)[I-]21c2ccccc2-n2cnc[n+]21. The van der Waals surface area contributed by atoms with Crippen molar-refractivity contribution in [1.82, 2.24) is 14.2 Å². The standard InChI is InChI=1S/C24H25IN5/c1-4-23-19-11-7-6-10-18(19)22-27(3)14-15-28(22)24(23,5-2)25(23)20-12-8-9-13-21(20)29-16-26-17-30(25)29/h6-17H,4-5H2,1-3H3/q+1/t23?,24-/m1/s1. The van der Waals surface area contributed by atoms with Gasteiger partial charge in [0, 0.05) is 0 Å². The molecule has 0 saturated carbocycles. The topological polar surface area (TPSA) is 30.5 Å². The second kappa shape index (κ2) is 5.22. The first kappa shape index (κ1) is 17.2. The minimum atomic E-state index is -2.92. The van der Waals surface area contributed by atoms with E-state index >= 15 is 0 Å². The van der Waals surface area contributed by atoms with Crippen LogP contribution >= 0.6 is 0 Å². The van der Waals surface area contributed by atoms with Gasteiger partial charge in [-0.3, -0.25) is 0 Å². The van der Waals surface area contributed by atoms with Gasteiger partial charge in [0.05, 0.1) is 0 Å². The number of hydrogen-bond donors (Lipinski definition) is 0. The fourth-order valence-electron chi connectivity index (χ4n) is 6.77. The van der Waals surface area contributed by atoms with Crippen LogP contribution in [0.5, 0.6) is 0 Å². The van der Waals surface area contributed by atoms with Crippen LogP contribution < -0.4 is 26.2 Å². The molecule has 152 valence electrons. The van der Waals surface area contributed by atoms with E-state index in [1.165, 1.54) is 17.1 Å². The summed E-state index contributed by atoms with van der Waals surface area (Å²) in [5, 5.41) is 0. The van der Waals surface area contributed by atoms with Crippen LogP contribution in [0, 0.1) is 3.57 Å². The molecule has 4 aromatic rings. The van der Waals surface area contributed by atoms with Gasteiger partial charge in [-0.05, 0) is 0 Å². The van der Waals surface area contributed by atoms with Crippen LogP contribution in [-0.4, -0.2) is 14.2 Å². The molecule has 3 aliphatic rings. The average molecular weight is 510 g/mol. The summed E-state index contributed by atoms with van der Waals surface area (Å²) in [4.78, 5) is 4.64. The molecule has 0 radical (unpaired) electrons. The zero-order valence-electron chi connectivity index (χ0n) is 17.5. The molecular formula is C24H25IN5+. The number of hydrogen-bond acceptors (Lipinski definition) is 1. The zero-order chi connectivity index (χ0) is 20.3. The van der Waals surface area contributed by atoms with Gasteiger partial charge in [-0.15, -0.1) is 0 Å². The molecule has 3 atom stereocenters. The number of para-hydroxylation sites is 1. The second-order valence-corrected chi connectivity index (χ2v) is 17.3. The van der Waals surface area contributed by atoms with Crippen LogP contribution in [-0.2, 0) is 14.0 Å². The molecule has 5 heterocycles. The Labute approximate surface area is 180 Å². The number of aryl methyl sites for hydroxylation is 1. The Balaban J connectivity index is 1.73. The van der Waals surface area contributed by atoms with E-state index in [0.717, 1.165) is 12.8 Å². The molecule has 0 aliphatic carbocycles. The van der Waals surface area contributed by atoms with Crippen LogP contribution in [0.1, 0.15) is 32.3 Å². The number of fused-ring (bicyclic) bond motifs is 13. The number of halogens is 1. The number of aromatic nitrogens is 5. The first-order chi connectivity index (χ1) is 14.7. The van der Waals surface area contributed by atoms with Gasteiger partial charge in [0.1, 0.15) is 0 Å². The Morgan fingerprint density at radius 1 is 1.03 bits per heavy atom. The van der Waals surface area contributed by atoms with Crippen LogP contribution in [0.25, 0.3) is 17.1 Å². The average Bonchev–Trinajstić information content (AvgIpc) is 3.21. The third-order valence-electron chi connectivity index (χ3n) is 7.62. The van der Waals surface area contributed by atoms with Gasteiger partial charge in [-0.25, -0.2) is 0 Å². The summed E-state index contributed by atoms with van der Waals surface area (Å²) < 4.78 is 11.7. The fourth-order valence-corrected chi connectivity index (χ4v) is 24.5. The summed E-state index contributed by atoms with van der Waals surface area (Å²) in [6.07, 6.45) is 11.0. The molecule has 2 aromatic carbocycles. The van der Waals surface area contributed by atoms with Gasteiger partial charge < -0.3 is 0 Å². The molecule has 3 aliphatic heterocycles. The van der Waals surface area contributed by atoms with E-state index < -0.39 is 18.7 Å². The van der Waals surface area contributed by atoms with E-state index in [4.69, 9.17) is 0 Å². The molecule has 1 fully saturated rings. The molecule has 1 saturated heterocycles. The molecule has 5 nitrogen and oxygen atoms in total. The van der Waals surface area contributed by atoms with Crippen molar-refractivity contribution in [2.45, 2.75) is 33.7 Å². The van der Waals surface area contributed by atoms with Gasteiger partial charge in [-0.1, -0.05) is 0 Å². The number of imidazole rings is 1. The van der Waals surface area contributed by atoms with Crippen molar-refractivity contribution in [2.24, 2.45) is 7.05 Å². The molecule has 0 bridgehead atoms. The van der Waals surface area contributed by atoms with Crippen molar-refractivity contribution in [3.05, 3.63) is 82.7 Å². The van der Waals surface area contributed by atoms with Gasteiger partial charge >= 0.3 is 181 Å². The maximum absolute atomic E-state index is 4.64. The number of benzene rings is 2. The van der Waals surface area contributed by atoms with Crippen LogP contribution in [0.15, 0.2) is 73.6 Å². The molecule has 7 rings (SSSR count). The van der Waals surface area contributed by atoms with E-state index in [0.29, 0.717) is 0 Å². The molecule has 1 spiro atoms. The second-order valence-electron chi connectivity index (χ2n) is 8.42. The summed E-state index contributed by atoms with van der Waals surface area (Å²) >= 11 is -2.92. The van der Waals surface area contributed by atoms with E-state index in [1.807, 2.05) is 6.33 Å². The van der Waals surface area contributed by atoms with E-state index in [2.05, 4.69) is 110 Å². The predicted octanol–water partition coefficient (Wildman–Crippen LogP) is -0.0450. The molecule has 0 N–H and O–H groups in total. The molecular weight excluding hydrogens is 485 g/mol. The summed E-state index contributed by atoms with van der Waals surface area (Å²) in [5.74, 6) is 1.34. The van der Waals surface area contributed by atoms with Crippen molar-refractivity contribution in [3.8, 4) is 17.1 Å². The van der Waals surface area contributed by atoms with E-state index in [1.54, 1.807) is 9.13 Å². The molecule has 2 aromatic heterocycles. The fraction of sp³-hybridized carbons (Fsp3) is 0.292. The molecule has 6 heteroatoms. The first-order valence-corrected chi connectivity index (χ1v) is 14.9. The van der Waals surface area contributed by atoms with Crippen molar-refractivity contribution in [3.63, 3.8) is 0 Å². The predicted molar refractivity (Wildman–Crippen MR) is 109 cm³/mol. The van der Waals surface area contributed by atoms with Crippen molar-refractivity contribution in [2.75, 3.05) is 0 Å². The zero-order valence-corrected chi connectivity index (χ0v) is 19.6. The normalized spacial score (nSPS) is 31.3. The van der Waals surface area contributed by atoms with Crippen LogP contribution in [0.4, 0.5) is 0 Å². The van der Waals surface area contributed by atoms with Gasteiger partial charge in [0.2, 0.25) is 0 Å². The maximum atomic E-state index is 4.64. The minimum absolute atomic E-state index is 0.0915. The Morgan fingerprint density at radius 2 is 1.83 bits per heavy atom.